The average Bonchev–Trinajstić information content (AvgIpc) is 2.91. The third kappa shape index (κ3) is 2.95. The van der Waals surface area contributed by atoms with Crippen LogP contribution in [-0.2, 0) is 21.4 Å². The molecule has 1 aromatic rings. The van der Waals surface area contributed by atoms with E-state index >= 15 is 0 Å². The summed E-state index contributed by atoms with van der Waals surface area (Å²) < 4.78 is 31.6. The first-order valence-electron chi connectivity index (χ1n) is 6.02. The van der Waals surface area contributed by atoms with Gasteiger partial charge in [0.15, 0.2) is 0 Å². The van der Waals surface area contributed by atoms with Gasteiger partial charge in [-0.15, -0.1) is 0 Å². The van der Waals surface area contributed by atoms with E-state index in [0.717, 1.165) is 0 Å². The molecule has 0 bridgehead atoms. The van der Waals surface area contributed by atoms with Crippen LogP contribution in [0.3, 0.4) is 0 Å². The molecular formula is C12H15Cl2NO4S. The Labute approximate surface area is 128 Å². The van der Waals surface area contributed by atoms with Gasteiger partial charge in [0.05, 0.1) is 24.3 Å². The van der Waals surface area contributed by atoms with Crippen LogP contribution >= 0.6 is 23.2 Å². The molecule has 0 aliphatic carbocycles. The molecule has 112 valence electrons. The minimum atomic E-state index is -3.75. The van der Waals surface area contributed by atoms with E-state index in [4.69, 9.17) is 27.9 Å². The summed E-state index contributed by atoms with van der Waals surface area (Å²) in [5.74, 6) is 0. The highest BCUT2D eigenvalue weighted by atomic mass is 35.5. The van der Waals surface area contributed by atoms with Crippen molar-refractivity contribution in [3.63, 3.8) is 0 Å². The van der Waals surface area contributed by atoms with Crippen LogP contribution in [0, 0.1) is 0 Å². The highest BCUT2D eigenvalue weighted by molar-refractivity contribution is 7.89. The van der Waals surface area contributed by atoms with Crippen molar-refractivity contribution >= 4 is 33.2 Å². The van der Waals surface area contributed by atoms with E-state index < -0.39 is 10.0 Å². The lowest BCUT2D eigenvalue weighted by Crippen LogP contribution is -2.37. The molecule has 1 aliphatic heterocycles. The van der Waals surface area contributed by atoms with Crippen molar-refractivity contribution < 1.29 is 18.3 Å². The highest BCUT2D eigenvalue weighted by Gasteiger charge is 2.32. The molecule has 1 fully saturated rings. The van der Waals surface area contributed by atoms with Crippen molar-refractivity contribution in [2.75, 3.05) is 20.3 Å². The molecule has 0 spiro atoms. The fourth-order valence-electron chi connectivity index (χ4n) is 2.05. The van der Waals surface area contributed by atoms with E-state index in [9.17, 15) is 13.5 Å². The van der Waals surface area contributed by atoms with Gasteiger partial charge in [-0.3, -0.25) is 0 Å². The summed E-state index contributed by atoms with van der Waals surface area (Å²) in [6.07, 6.45) is 0.647. The summed E-state index contributed by atoms with van der Waals surface area (Å²) in [5, 5.41) is 9.47. The molecule has 0 aromatic heterocycles. The monoisotopic (exact) mass is 339 g/mol. The molecular weight excluding hydrogens is 325 g/mol. The van der Waals surface area contributed by atoms with Gasteiger partial charge in [-0.25, -0.2) is 8.42 Å². The van der Waals surface area contributed by atoms with Crippen LogP contribution in [0.5, 0.6) is 0 Å². The van der Waals surface area contributed by atoms with Gasteiger partial charge < -0.3 is 9.84 Å². The van der Waals surface area contributed by atoms with Crippen LogP contribution in [0.4, 0.5) is 0 Å². The number of nitrogens with zero attached hydrogens (tertiary/aromatic N) is 1. The number of aliphatic hydroxyl groups excluding tert-OH is 1. The second-order valence-electron chi connectivity index (χ2n) is 4.57. The molecule has 8 heteroatoms. The minimum absolute atomic E-state index is 0.0398. The first-order chi connectivity index (χ1) is 9.37. The quantitative estimate of drug-likeness (QED) is 0.909. The van der Waals surface area contributed by atoms with Crippen molar-refractivity contribution in [3.8, 4) is 0 Å². The number of hydrogen-bond donors (Lipinski definition) is 1. The number of hydrogen-bond acceptors (Lipinski definition) is 4. The maximum Gasteiger partial charge on any atom is 0.244 e. The zero-order chi connectivity index (χ0) is 14.9. The summed E-state index contributed by atoms with van der Waals surface area (Å²) in [6, 6.07) is 2.44. The Balaban J connectivity index is 2.43. The van der Waals surface area contributed by atoms with Gasteiger partial charge in [0, 0.05) is 18.7 Å². The lowest BCUT2D eigenvalue weighted by atomic mass is 10.2. The molecule has 0 radical (unpaired) electrons. The van der Waals surface area contributed by atoms with E-state index in [-0.39, 0.29) is 27.6 Å². The molecule has 0 saturated carbocycles. The topological polar surface area (TPSA) is 66.8 Å². The second kappa shape index (κ2) is 6.17. The molecule has 5 nitrogen and oxygen atoms in total. The number of halogens is 2. The van der Waals surface area contributed by atoms with E-state index in [2.05, 4.69) is 0 Å². The van der Waals surface area contributed by atoms with E-state index in [0.29, 0.717) is 25.2 Å². The average molecular weight is 340 g/mol. The van der Waals surface area contributed by atoms with Crippen LogP contribution in [0.2, 0.25) is 10.0 Å². The normalized spacial score (nSPS) is 19.8. The third-order valence-electron chi connectivity index (χ3n) is 3.35. The Morgan fingerprint density at radius 1 is 1.40 bits per heavy atom. The van der Waals surface area contributed by atoms with Gasteiger partial charge in [-0.05, 0) is 24.1 Å². The first-order valence-corrected chi connectivity index (χ1v) is 8.22. The number of ether oxygens (including phenoxy) is 1. The molecule has 1 atom stereocenters. The molecule has 1 aliphatic rings. The van der Waals surface area contributed by atoms with Gasteiger partial charge in [-0.1, -0.05) is 23.2 Å². The van der Waals surface area contributed by atoms with Crippen molar-refractivity contribution in [2.45, 2.75) is 24.0 Å². The van der Waals surface area contributed by atoms with E-state index in [1.54, 1.807) is 0 Å². The van der Waals surface area contributed by atoms with Crippen molar-refractivity contribution in [1.29, 1.82) is 0 Å². The number of benzene rings is 1. The molecule has 1 aromatic carbocycles. The molecule has 0 amide bonds. The predicted molar refractivity (Wildman–Crippen MR) is 76.6 cm³/mol. The maximum atomic E-state index is 12.6. The number of aliphatic hydroxyl groups is 1. The Kier molecular flexibility index (Phi) is 4.94. The SMILES string of the molecule is CN(C1CCOC1)S(=O)(=O)c1cc(CO)c(Cl)cc1Cl. The van der Waals surface area contributed by atoms with Crippen molar-refractivity contribution in [1.82, 2.24) is 4.31 Å². The van der Waals surface area contributed by atoms with Crippen molar-refractivity contribution in [3.05, 3.63) is 27.7 Å². The molecule has 1 heterocycles. The van der Waals surface area contributed by atoms with Crippen LogP contribution in [-0.4, -0.2) is 44.1 Å². The minimum Gasteiger partial charge on any atom is -0.392 e. The van der Waals surface area contributed by atoms with Gasteiger partial charge in [0.25, 0.3) is 0 Å². The zero-order valence-electron chi connectivity index (χ0n) is 10.8. The lowest BCUT2D eigenvalue weighted by molar-refractivity contribution is 0.181. The third-order valence-corrected chi connectivity index (χ3v) is 6.07. The number of rotatable bonds is 4. The first kappa shape index (κ1) is 16.0. The predicted octanol–water partition coefficient (Wildman–Crippen LogP) is 1.90. The van der Waals surface area contributed by atoms with Gasteiger partial charge >= 0.3 is 0 Å². The fraction of sp³-hybridized carbons (Fsp3) is 0.500. The van der Waals surface area contributed by atoms with Crippen LogP contribution < -0.4 is 0 Å². The van der Waals surface area contributed by atoms with E-state index in [1.807, 2.05) is 0 Å². The Bertz CT molecular complexity index is 600. The second-order valence-corrected chi connectivity index (χ2v) is 7.35. The van der Waals surface area contributed by atoms with Crippen molar-refractivity contribution in [2.24, 2.45) is 0 Å². The summed E-state index contributed by atoms with van der Waals surface area (Å²) in [4.78, 5) is -0.0537. The molecule has 1 N–H and O–H groups in total. The van der Waals surface area contributed by atoms with Gasteiger partial charge in [0.1, 0.15) is 4.90 Å². The largest absolute Gasteiger partial charge is 0.392 e. The van der Waals surface area contributed by atoms with E-state index in [1.165, 1.54) is 23.5 Å². The summed E-state index contributed by atoms with van der Waals surface area (Å²) in [6.45, 7) is 0.559. The Hall–Kier alpha value is -0.370. The number of likely N-dealkylation sites (N-methyl/N-ethyl adjacent to an activating group) is 1. The lowest BCUT2D eigenvalue weighted by Gasteiger charge is -2.23. The molecule has 2 rings (SSSR count). The summed E-state index contributed by atoms with van der Waals surface area (Å²) >= 11 is 11.9. The molecule has 1 unspecified atom stereocenters. The Morgan fingerprint density at radius 3 is 2.65 bits per heavy atom. The molecule has 1 saturated heterocycles. The van der Waals surface area contributed by atoms with Crippen LogP contribution in [0.15, 0.2) is 17.0 Å². The standard InChI is InChI=1S/C12H15Cl2NO4S/c1-15(9-2-3-19-7-9)20(17,18)12-4-8(6-16)10(13)5-11(12)14/h4-5,9,16H,2-3,6-7H2,1H3. The number of sulfonamides is 1. The maximum absolute atomic E-state index is 12.6. The van der Waals surface area contributed by atoms with Crippen LogP contribution in [0.25, 0.3) is 0 Å². The smallest absolute Gasteiger partial charge is 0.244 e. The summed E-state index contributed by atoms with van der Waals surface area (Å²) in [7, 11) is -2.25. The zero-order valence-corrected chi connectivity index (χ0v) is 13.2. The summed E-state index contributed by atoms with van der Waals surface area (Å²) in [5.41, 5.74) is 0.325. The fourth-order valence-corrected chi connectivity index (χ4v) is 4.25. The van der Waals surface area contributed by atoms with Gasteiger partial charge in [0.2, 0.25) is 10.0 Å². The van der Waals surface area contributed by atoms with Gasteiger partial charge in [-0.2, -0.15) is 4.31 Å². The Morgan fingerprint density at radius 2 is 2.10 bits per heavy atom. The molecule has 20 heavy (non-hydrogen) atoms. The van der Waals surface area contributed by atoms with Crippen LogP contribution in [0.1, 0.15) is 12.0 Å². The highest BCUT2D eigenvalue weighted by Crippen LogP contribution is 2.31.